The lowest BCUT2D eigenvalue weighted by Gasteiger charge is -2.34. The molecule has 78 valence electrons. The van der Waals surface area contributed by atoms with Crippen molar-refractivity contribution < 1.29 is 4.79 Å². The molecular weight excluding hydrogens is 232 g/mol. The van der Waals surface area contributed by atoms with Crippen LogP contribution in [-0.4, -0.2) is 41.8 Å². The Balaban J connectivity index is 3.95. The quantitative estimate of drug-likeness (QED) is 0.745. The third-order valence-electron chi connectivity index (χ3n) is 2.35. The molecule has 0 aromatic heterocycles. The normalized spacial score (nSPS) is 11.8. The number of alkyl halides is 1. The Labute approximate surface area is 89.0 Å². The lowest BCUT2D eigenvalue weighted by atomic mass is 10.0. The molecule has 0 aromatic rings. The summed E-state index contributed by atoms with van der Waals surface area (Å²) in [6, 6.07) is 0. The SMILES string of the molecule is CCN(C)C(C)(C)CNC(=O)CBr. The predicted octanol–water partition coefficient (Wildman–Crippen LogP) is 1.23. The van der Waals surface area contributed by atoms with E-state index < -0.39 is 0 Å². The summed E-state index contributed by atoms with van der Waals surface area (Å²) >= 11 is 3.11. The van der Waals surface area contributed by atoms with E-state index in [0.29, 0.717) is 11.9 Å². The number of carbonyl (C=O) groups excluding carboxylic acids is 1. The van der Waals surface area contributed by atoms with Crippen LogP contribution >= 0.6 is 15.9 Å². The lowest BCUT2D eigenvalue weighted by Crippen LogP contribution is -2.50. The van der Waals surface area contributed by atoms with Crippen molar-refractivity contribution in [2.24, 2.45) is 0 Å². The molecule has 0 spiro atoms. The first-order valence-corrected chi connectivity index (χ1v) is 5.60. The number of hydrogen-bond acceptors (Lipinski definition) is 2. The van der Waals surface area contributed by atoms with E-state index in [9.17, 15) is 4.79 Å². The molecule has 1 amide bonds. The number of hydrogen-bond donors (Lipinski definition) is 1. The zero-order valence-corrected chi connectivity index (χ0v) is 10.4. The third-order valence-corrected chi connectivity index (χ3v) is 2.86. The molecule has 3 nitrogen and oxygen atoms in total. The average Bonchev–Trinajstić information content (AvgIpc) is 2.12. The van der Waals surface area contributed by atoms with Crippen molar-refractivity contribution in [3.05, 3.63) is 0 Å². The summed E-state index contributed by atoms with van der Waals surface area (Å²) in [6.45, 7) is 8.00. The van der Waals surface area contributed by atoms with Crippen molar-refractivity contribution in [3.8, 4) is 0 Å². The standard InChI is InChI=1S/C9H19BrN2O/c1-5-12(4)9(2,3)7-11-8(13)6-10/h5-7H2,1-4H3,(H,11,13). The minimum atomic E-state index is 0.0204. The predicted molar refractivity (Wildman–Crippen MR) is 59.2 cm³/mol. The highest BCUT2D eigenvalue weighted by Gasteiger charge is 2.22. The van der Waals surface area contributed by atoms with Crippen LogP contribution in [0.15, 0.2) is 0 Å². The maximum absolute atomic E-state index is 11.0. The van der Waals surface area contributed by atoms with Crippen LogP contribution in [0.2, 0.25) is 0 Å². The van der Waals surface area contributed by atoms with E-state index in [-0.39, 0.29) is 11.4 Å². The van der Waals surface area contributed by atoms with Crippen LogP contribution in [0, 0.1) is 0 Å². The second kappa shape index (κ2) is 5.60. The van der Waals surface area contributed by atoms with E-state index in [2.05, 4.69) is 54.0 Å². The van der Waals surface area contributed by atoms with Gasteiger partial charge in [-0.25, -0.2) is 0 Å². The van der Waals surface area contributed by atoms with Gasteiger partial charge in [0.1, 0.15) is 0 Å². The van der Waals surface area contributed by atoms with Gasteiger partial charge in [-0.3, -0.25) is 9.69 Å². The second-order valence-corrected chi connectivity index (χ2v) is 4.30. The largest absolute Gasteiger partial charge is 0.354 e. The second-order valence-electron chi connectivity index (χ2n) is 3.74. The van der Waals surface area contributed by atoms with E-state index in [1.807, 2.05) is 0 Å². The van der Waals surface area contributed by atoms with Crippen LogP contribution in [0.3, 0.4) is 0 Å². The van der Waals surface area contributed by atoms with Gasteiger partial charge >= 0.3 is 0 Å². The van der Waals surface area contributed by atoms with E-state index in [1.165, 1.54) is 0 Å². The first-order valence-electron chi connectivity index (χ1n) is 4.48. The highest BCUT2D eigenvalue weighted by atomic mass is 79.9. The van der Waals surface area contributed by atoms with E-state index in [0.717, 1.165) is 6.54 Å². The van der Waals surface area contributed by atoms with Gasteiger partial charge in [0.05, 0.1) is 5.33 Å². The van der Waals surface area contributed by atoms with Crippen LogP contribution in [0.4, 0.5) is 0 Å². The molecule has 0 aliphatic rings. The Morgan fingerprint density at radius 3 is 2.46 bits per heavy atom. The molecule has 0 saturated heterocycles. The molecule has 0 unspecified atom stereocenters. The van der Waals surface area contributed by atoms with Gasteiger partial charge in [-0.15, -0.1) is 0 Å². The molecule has 0 fully saturated rings. The van der Waals surface area contributed by atoms with Crippen LogP contribution in [0.5, 0.6) is 0 Å². The molecule has 0 aliphatic carbocycles. The fourth-order valence-electron chi connectivity index (χ4n) is 0.925. The van der Waals surface area contributed by atoms with Crippen molar-refractivity contribution in [2.75, 3.05) is 25.5 Å². The molecule has 13 heavy (non-hydrogen) atoms. The number of nitrogens with one attached hydrogen (secondary N) is 1. The molecule has 0 radical (unpaired) electrons. The fourth-order valence-corrected chi connectivity index (χ4v) is 1.12. The zero-order valence-electron chi connectivity index (χ0n) is 8.85. The molecular formula is C9H19BrN2O. The lowest BCUT2D eigenvalue weighted by molar-refractivity contribution is -0.119. The van der Waals surface area contributed by atoms with Crippen LogP contribution in [0.25, 0.3) is 0 Å². The van der Waals surface area contributed by atoms with E-state index in [4.69, 9.17) is 0 Å². The van der Waals surface area contributed by atoms with Gasteiger partial charge in [0.25, 0.3) is 0 Å². The highest BCUT2D eigenvalue weighted by molar-refractivity contribution is 9.09. The Kier molecular flexibility index (Phi) is 5.56. The fraction of sp³-hybridized carbons (Fsp3) is 0.889. The highest BCUT2D eigenvalue weighted by Crippen LogP contribution is 2.09. The number of nitrogens with zero attached hydrogens (tertiary/aromatic N) is 1. The zero-order chi connectivity index (χ0) is 10.5. The van der Waals surface area contributed by atoms with Gasteiger partial charge in [-0.1, -0.05) is 22.9 Å². The molecule has 0 atom stereocenters. The summed E-state index contributed by atoms with van der Waals surface area (Å²) in [5, 5.41) is 3.23. The molecule has 0 heterocycles. The number of carbonyl (C=O) groups is 1. The van der Waals surface area contributed by atoms with E-state index >= 15 is 0 Å². The molecule has 0 aromatic carbocycles. The number of amides is 1. The Bertz CT molecular complexity index is 171. The van der Waals surface area contributed by atoms with Crippen LogP contribution in [0.1, 0.15) is 20.8 Å². The summed E-state index contributed by atoms with van der Waals surface area (Å²) < 4.78 is 0. The molecule has 0 aliphatic heterocycles. The van der Waals surface area contributed by atoms with Gasteiger partial charge in [-0.05, 0) is 27.4 Å². The Morgan fingerprint density at radius 1 is 1.54 bits per heavy atom. The van der Waals surface area contributed by atoms with Crippen molar-refractivity contribution in [2.45, 2.75) is 26.3 Å². The summed E-state index contributed by atoms with van der Waals surface area (Å²) in [4.78, 5) is 13.2. The summed E-state index contributed by atoms with van der Waals surface area (Å²) in [5.74, 6) is 0.0394. The maximum Gasteiger partial charge on any atom is 0.230 e. The van der Waals surface area contributed by atoms with Gasteiger partial charge < -0.3 is 5.32 Å². The molecule has 0 rings (SSSR count). The van der Waals surface area contributed by atoms with Crippen molar-refractivity contribution >= 4 is 21.8 Å². The topological polar surface area (TPSA) is 32.3 Å². The minimum absolute atomic E-state index is 0.0204. The van der Waals surface area contributed by atoms with E-state index in [1.54, 1.807) is 0 Å². The maximum atomic E-state index is 11.0. The summed E-state index contributed by atoms with van der Waals surface area (Å²) in [6.07, 6.45) is 0. The van der Waals surface area contributed by atoms with Crippen molar-refractivity contribution in [1.29, 1.82) is 0 Å². The molecule has 4 heteroatoms. The van der Waals surface area contributed by atoms with Gasteiger partial charge in [0.2, 0.25) is 5.91 Å². The Hall–Kier alpha value is -0.0900. The molecule has 1 N–H and O–H groups in total. The molecule has 0 bridgehead atoms. The van der Waals surface area contributed by atoms with Crippen LogP contribution in [-0.2, 0) is 4.79 Å². The first-order chi connectivity index (χ1) is 5.94. The first kappa shape index (κ1) is 12.9. The minimum Gasteiger partial charge on any atom is -0.354 e. The monoisotopic (exact) mass is 250 g/mol. The van der Waals surface area contributed by atoms with Crippen LogP contribution < -0.4 is 5.32 Å². The van der Waals surface area contributed by atoms with Crippen molar-refractivity contribution in [3.63, 3.8) is 0 Å². The summed E-state index contributed by atoms with van der Waals surface area (Å²) in [5.41, 5.74) is 0.0204. The van der Waals surface area contributed by atoms with Gasteiger partial charge in [0.15, 0.2) is 0 Å². The average molecular weight is 251 g/mol. The van der Waals surface area contributed by atoms with Gasteiger partial charge in [0, 0.05) is 12.1 Å². The molecule has 0 saturated carbocycles. The number of rotatable bonds is 5. The Morgan fingerprint density at radius 2 is 2.08 bits per heavy atom. The summed E-state index contributed by atoms with van der Waals surface area (Å²) in [7, 11) is 2.06. The number of likely N-dealkylation sites (N-methyl/N-ethyl adjacent to an activating group) is 1. The smallest absolute Gasteiger partial charge is 0.230 e. The number of halogens is 1. The van der Waals surface area contributed by atoms with Gasteiger partial charge in [-0.2, -0.15) is 0 Å². The van der Waals surface area contributed by atoms with Crippen molar-refractivity contribution in [1.82, 2.24) is 10.2 Å². The third kappa shape index (κ3) is 4.62.